The summed E-state index contributed by atoms with van der Waals surface area (Å²) >= 11 is 0. The predicted molar refractivity (Wildman–Crippen MR) is 75.4 cm³/mol. The van der Waals surface area contributed by atoms with E-state index in [0.717, 1.165) is 12.1 Å². The van der Waals surface area contributed by atoms with Gasteiger partial charge >= 0.3 is 0 Å². The van der Waals surface area contributed by atoms with Crippen LogP contribution < -0.4 is 10.2 Å². The average Bonchev–Trinajstić information content (AvgIpc) is 2.40. The molecule has 1 aliphatic heterocycles. The van der Waals surface area contributed by atoms with E-state index in [4.69, 9.17) is 0 Å². The van der Waals surface area contributed by atoms with Crippen LogP contribution in [0.1, 0.15) is 36.5 Å². The van der Waals surface area contributed by atoms with Gasteiger partial charge in [0.1, 0.15) is 0 Å². The molecule has 0 radical (unpaired) electrons. The summed E-state index contributed by atoms with van der Waals surface area (Å²) in [6.07, 6.45) is 3.86. The number of piperidine rings is 1. The fourth-order valence-corrected chi connectivity index (χ4v) is 2.58. The summed E-state index contributed by atoms with van der Waals surface area (Å²) in [6, 6.07) is 8.64. The lowest BCUT2D eigenvalue weighted by molar-refractivity contribution is 0.0993. The first kappa shape index (κ1) is 13.1. The second kappa shape index (κ2) is 6.01. The second-order valence-corrected chi connectivity index (χ2v) is 5.04. The molecule has 0 amide bonds. The molecule has 1 unspecified atom stereocenters. The lowest BCUT2D eigenvalue weighted by atomic mass is 10.0. The Balaban J connectivity index is 2.09. The van der Waals surface area contributed by atoms with Crippen LogP contribution in [0, 0.1) is 0 Å². The Morgan fingerprint density at radius 1 is 1.33 bits per heavy atom. The molecule has 3 heteroatoms. The number of hydrogen-bond donors (Lipinski definition) is 1. The molecule has 0 saturated carbocycles. The molecular formula is C15H22N2O. The van der Waals surface area contributed by atoms with Crippen LogP contribution in [-0.4, -0.2) is 32.0 Å². The van der Waals surface area contributed by atoms with Gasteiger partial charge in [0.05, 0.1) is 6.54 Å². The fourth-order valence-electron chi connectivity index (χ4n) is 2.58. The van der Waals surface area contributed by atoms with Crippen LogP contribution in [0.5, 0.6) is 0 Å². The SMILES string of the molecule is CNCC(=O)c1ccc(N2CCCCC2C)cc1. The number of ketones is 1. The molecular weight excluding hydrogens is 224 g/mol. The Morgan fingerprint density at radius 2 is 2.06 bits per heavy atom. The number of anilines is 1. The molecule has 1 saturated heterocycles. The van der Waals surface area contributed by atoms with Gasteiger partial charge in [0.25, 0.3) is 0 Å². The summed E-state index contributed by atoms with van der Waals surface area (Å²) in [6.45, 7) is 3.81. The maximum atomic E-state index is 11.7. The maximum Gasteiger partial charge on any atom is 0.176 e. The molecule has 1 aromatic carbocycles. The monoisotopic (exact) mass is 246 g/mol. The van der Waals surface area contributed by atoms with Crippen molar-refractivity contribution in [2.45, 2.75) is 32.2 Å². The molecule has 0 bridgehead atoms. The van der Waals surface area contributed by atoms with E-state index < -0.39 is 0 Å². The zero-order valence-electron chi connectivity index (χ0n) is 11.3. The Hall–Kier alpha value is -1.35. The van der Waals surface area contributed by atoms with E-state index >= 15 is 0 Å². The highest BCUT2D eigenvalue weighted by Gasteiger charge is 2.18. The van der Waals surface area contributed by atoms with Gasteiger partial charge in [-0.05, 0) is 57.5 Å². The molecule has 2 rings (SSSR count). The third-order valence-electron chi connectivity index (χ3n) is 3.66. The van der Waals surface area contributed by atoms with Gasteiger partial charge < -0.3 is 10.2 Å². The van der Waals surface area contributed by atoms with Crippen molar-refractivity contribution in [2.75, 3.05) is 25.0 Å². The lowest BCUT2D eigenvalue weighted by Gasteiger charge is -2.35. The third kappa shape index (κ3) is 2.91. The van der Waals surface area contributed by atoms with Crippen LogP contribution in [0.25, 0.3) is 0 Å². The van der Waals surface area contributed by atoms with Crippen molar-refractivity contribution < 1.29 is 4.79 Å². The van der Waals surface area contributed by atoms with Crippen molar-refractivity contribution in [2.24, 2.45) is 0 Å². The summed E-state index contributed by atoms with van der Waals surface area (Å²) in [7, 11) is 1.79. The van der Waals surface area contributed by atoms with Crippen LogP contribution in [0.4, 0.5) is 5.69 Å². The molecule has 1 N–H and O–H groups in total. The molecule has 0 spiro atoms. The van der Waals surface area contributed by atoms with Crippen molar-refractivity contribution in [1.82, 2.24) is 5.32 Å². The number of carbonyl (C=O) groups is 1. The average molecular weight is 246 g/mol. The summed E-state index contributed by atoms with van der Waals surface area (Å²) in [4.78, 5) is 14.2. The van der Waals surface area contributed by atoms with E-state index in [1.807, 2.05) is 12.1 Å². The van der Waals surface area contributed by atoms with Crippen molar-refractivity contribution >= 4 is 11.5 Å². The van der Waals surface area contributed by atoms with Crippen LogP contribution >= 0.6 is 0 Å². The van der Waals surface area contributed by atoms with Gasteiger partial charge in [0.15, 0.2) is 5.78 Å². The first-order valence-corrected chi connectivity index (χ1v) is 6.77. The Bertz CT molecular complexity index is 399. The van der Waals surface area contributed by atoms with E-state index in [1.54, 1.807) is 7.05 Å². The van der Waals surface area contributed by atoms with Gasteiger partial charge in [-0.15, -0.1) is 0 Å². The van der Waals surface area contributed by atoms with Crippen LogP contribution in [-0.2, 0) is 0 Å². The molecule has 1 aromatic rings. The summed E-state index contributed by atoms with van der Waals surface area (Å²) < 4.78 is 0. The summed E-state index contributed by atoms with van der Waals surface area (Å²) in [5, 5.41) is 2.89. The minimum atomic E-state index is 0.149. The van der Waals surface area contributed by atoms with E-state index in [1.165, 1.54) is 24.9 Å². The molecule has 18 heavy (non-hydrogen) atoms. The van der Waals surface area contributed by atoms with E-state index in [0.29, 0.717) is 12.6 Å². The first-order valence-electron chi connectivity index (χ1n) is 6.77. The predicted octanol–water partition coefficient (Wildman–Crippen LogP) is 2.47. The number of hydrogen-bond acceptors (Lipinski definition) is 3. The third-order valence-corrected chi connectivity index (χ3v) is 3.66. The standard InChI is InChI=1S/C15H22N2O/c1-12-5-3-4-10-17(12)14-8-6-13(7-9-14)15(18)11-16-2/h6-9,12,16H,3-5,10-11H2,1-2H3. The molecule has 0 aromatic heterocycles. The number of Topliss-reactive ketones (excluding diaryl/α,β-unsaturated/α-hetero) is 1. The Labute approximate surface area is 109 Å². The quantitative estimate of drug-likeness (QED) is 0.828. The van der Waals surface area contributed by atoms with E-state index in [9.17, 15) is 4.79 Å². The highest BCUT2D eigenvalue weighted by Crippen LogP contribution is 2.24. The zero-order chi connectivity index (χ0) is 13.0. The number of benzene rings is 1. The summed E-state index contributed by atoms with van der Waals surface area (Å²) in [5.41, 5.74) is 2.03. The normalized spacial score (nSPS) is 19.9. The van der Waals surface area contributed by atoms with Gasteiger partial charge in [0, 0.05) is 23.8 Å². The van der Waals surface area contributed by atoms with Gasteiger partial charge in [-0.1, -0.05) is 0 Å². The second-order valence-electron chi connectivity index (χ2n) is 5.04. The number of carbonyl (C=O) groups excluding carboxylic acids is 1. The Kier molecular flexibility index (Phi) is 4.37. The van der Waals surface area contributed by atoms with E-state index in [2.05, 4.69) is 29.3 Å². The van der Waals surface area contributed by atoms with Gasteiger partial charge in [-0.25, -0.2) is 0 Å². The molecule has 1 aliphatic rings. The minimum absolute atomic E-state index is 0.149. The van der Waals surface area contributed by atoms with Gasteiger partial charge in [0.2, 0.25) is 0 Å². The largest absolute Gasteiger partial charge is 0.369 e. The maximum absolute atomic E-state index is 11.7. The van der Waals surface area contributed by atoms with Crippen LogP contribution in [0.2, 0.25) is 0 Å². The van der Waals surface area contributed by atoms with E-state index in [-0.39, 0.29) is 5.78 Å². The summed E-state index contributed by atoms with van der Waals surface area (Å²) in [5.74, 6) is 0.149. The van der Waals surface area contributed by atoms with Crippen molar-refractivity contribution in [3.05, 3.63) is 29.8 Å². The molecule has 98 valence electrons. The topological polar surface area (TPSA) is 32.3 Å². The zero-order valence-corrected chi connectivity index (χ0v) is 11.3. The molecule has 1 fully saturated rings. The minimum Gasteiger partial charge on any atom is -0.369 e. The molecule has 1 heterocycles. The first-order chi connectivity index (χ1) is 8.72. The van der Waals surface area contributed by atoms with Crippen LogP contribution in [0.15, 0.2) is 24.3 Å². The fraction of sp³-hybridized carbons (Fsp3) is 0.533. The highest BCUT2D eigenvalue weighted by atomic mass is 16.1. The van der Waals surface area contributed by atoms with Gasteiger partial charge in [-0.2, -0.15) is 0 Å². The highest BCUT2D eigenvalue weighted by molar-refractivity contribution is 5.97. The number of likely N-dealkylation sites (N-methyl/N-ethyl adjacent to an activating group) is 1. The van der Waals surface area contributed by atoms with Crippen molar-refractivity contribution in [3.8, 4) is 0 Å². The molecule has 0 aliphatic carbocycles. The smallest absolute Gasteiger partial charge is 0.176 e. The molecule has 3 nitrogen and oxygen atoms in total. The van der Waals surface area contributed by atoms with Crippen molar-refractivity contribution in [3.63, 3.8) is 0 Å². The Morgan fingerprint density at radius 3 is 2.67 bits per heavy atom. The number of nitrogens with one attached hydrogen (secondary N) is 1. The van der Waals surface area contributed by atoms with Gasteiger partial charge in [-0.3, -0.25) is 4.79 Å². The molecule has 1 atom stereocenters. The number of nitrogens with zero attached hydrogens (tertiary/aromatic N) is 1. The van der Waals surface area contributed by atoms with Crippen molar-refractivity contribution in [1.29, 1.82) is 0 Å². The number of rotatable bonds is 4. The van der Waals surface area contributed by atoms with Crippen LogP contribution in [0.3, 0.4) is 0 Å². The lowest BCUT2D eigenvalue weighted by Crippen LogP contribution is -2.37.